The lowest BCUT2D eigenvalue weighted by Crippen LogP contribution is -2.47. The maximum Gasteiger partial charge on any atom is 0.161 e. The Morgan fingerprint density at radius 2 is 1.95 bits per heavy atom. The molecule has 1 aromatic carbocycles. The molecule has 0 aromatic heterocycles. The Hall–Kier alpha value is -1.81. The Morgan fingerprint density at radius 3 is 2.64 bits per heavy atom. The molecule has 2 atom stereocenters. The SMILES string of the molecule is C=C1C(=O)CC[C@@]2(c3ccc(OC)c(OC)c3)CCN(C)[C@@H]12. The van der Waals surface area contributed by atoms with Gasteiger partial charge in [0.1, 0.15) is 0 Å². The third kappa shape index (κ3) is 2.05. The predicted octanol–water partition coefficient (Wildman–Crippen LogP) is 2.56. The van der Waals surface area contributed by atoms with Gasteiger partial charge in [-0.05, 0) is 44.1 Å². The fourth-order valence-corrected chi connectivity index (χ4v) is 4.17. The smallest absolute Gasteiger partial charge is 0.161 e. The molecule has 1 saturated heterocycles. The summed E-state index contributed by atoms with van der Waals surface area (Å²) in [4.78, 5) is 14.4. The zero-order valence-corrected chi connectivity index (χ0v) is 13.5. The van der Waals surface area contributed by atoms with E-state index in [9.17, 15) is 4.79 Å². The van der Waals surface area contributed by atoms with Gasteiger partial charge in [-0.15, -0.1) is 0 Å². The fraction of sp³-hybridized carbons (Fsp3) is 0.500. The van der Waals surface area contributed by atoms with Gasteiger partial charge in [0.25, 0.3) is 0 Å². The number of rotatable bonds is 3. The average Bonchev–Trinajstić information content (AvgIpc) is 2.89. The average molecular weight is 301 g/mol. The van der Waals surface area contributed by atoms with Crippen LogP contribution in [0.25, 0.3) is 0 Å². The number of likely N-dealkylation sites (tertiary alicyclic amines) is 1. The van der Waals surface area contributed by atoms with Crippen LogP contribution in [-0.2, 0) is 10.2 Å². The molecule has 1 aromatic rings. The number of carbonyl (C=O) groups excluding carboxylic acids is 1. The quantitative estimate of drug-likeness (QED) is 0.804. The summed E-state index contributed by atoms with van der Waals surface area (Å²) in [6, 6.07) is 6.22. The lowest BCUT2D eigenvalue weighted by atomic mass is 9.64. The van der Waals surface area contributed by atoms with Crippen molar-refractivity contribution in [3.63, 3.8) is 0 Å². The van der Waals surface area contributed by atoms with Gasteiger partial charge in [0.05, 0.1) is 14.2 Å². The largest absolute Gasteiger partial charge is 0.493 e. The van der Waals surface area contributed by atoms with Crippen molar-refractivity contribution in [2.24, 2.45) is 0 Å². The summed E-state index contributed by atoms with van der Waals surface area (Å²) in [5.74, 6) is 1.68. The molecule has 0 bridgehead atoms. The van der Waals surface area contributed by atoms with Crippen LogP contribution < -0.4 is 9.47 Å². The van der Waals surface area contributed by atoms with E-state index in [1.54, 1.807) is 14.2 Å². The zero-order valence-electron chi connectivity index (χ0n) is 13.5. The van der Waals surface area contributed by atoms with E-state index in [1.165, 1.54) is 5.56 Å². The van der Waals surface area contributed by atoms with Crippen molar-refractivity contribution in [2.45, 2.75) is 30.7 Å². The molecular formula is C18H23NO3. The van der Waals surface area contributed by atoms with E-state index in [2.05, 4.69) is 30.7 Å². The predicted molar refractivity (Wildman–Crippen MR) is 85.6 cm³/mol. The monoisotopic (exact) mass is 301 g/mol. The molecule has 4 heteroatoms. The second-order valence-corrected chi connectivity index (χ2v) is 6.31. The van der Waals surface area contributed by atoms with Crippen LogP contribution in [-0.4, -0.2) is 44.5 Å². The van der Waals surface area contributed by atoms with Gasteiger partial charge < -0.3 is 9.47 Å². The number of nitrogens with zero attached hydrogens (tertiary/aromatic N) is 1. The Balaban J connectivity index is 2.09. The van der Waals surface area contributed by atoms with Crippen LogP contribution in [0.3, 0.4) is 0 Å². The van der Waals surface area contributed by atoms with Gasteiger partial charge in [-0.1, -0.05) is 12.6 Å². The van der Waals surface area contributed by atoms with Crippen molar-refractivity contribution in [1.82, 2.24) is 4.90 Å². The highest BCUT2D eigenvalue weighted by Gasteiger charge is 2.52. The number of methoxy groups -OCH3 is 2. The minimum atomic E-state index is -0.0424. The van der Waals surface area contributed by atoms with Crippen LogP contribution in [0, 0.1) is 0 Å². The van der Waals surface area contributed by atoms with Gasteiger partial charge in [0, 0.05) is 23.5 Å². The molecule has 3 rings (SSSR count). The highest BCUT2D eigenvalue weighted by Crippen LogP contribution is 2.50. The van der Waals surface area contributed by atoms with Gasteiger partial charge in [-0.3, -0.25) is 9.69 Å². The normalized spacial score (nSPS) is 28.6. The molecule has 0 radical (unpaired) electrons. The van der Waals surface area contributed by atoms with Gasteiger partial charge in [0.15, 0.2) is 17.3 Å². The molecule has 0 unspecified atom stereocenters. The number of likely N-dealkylation sites (N-methyl/N-ethyl adjacent to an activating group) is 1. The Bertz CT molecular complexity index is 625. The van der Waals surface area contributed by atoms with Gasteiger partial charge >= 0.3 is 0 Å². The van der Waals surface area contributed by atoms with E-state index >= 15 is 0 Å². The first-order valence-electron chi connectivity index (χ1n) is 7.68. The third-order valence-corrected chi connectivity index (χ3v) is 5.32. The third-order valence-electron chi connectivity index (χ3n) is 5.32. The maximum absolute atomic E-state index is 12.1. The van der Waals surface area contributed by atoms with Crippen molar-refractivity contribution in [1.29, 1.82) is 0 Å². The molecule has 0 spiro atoms. The van der Waals surface area contributed by atoms with Crippen molar-refractivity contribution >= 4 is 5.78 Å². The van der Waals surface area contributed by atoms with Gasteiger partial charge in [-0.2, -0.15) is 0 Å². The molecule has 0 amide bonds. The summed E-state index contributed by atoms with van der Waals surface area (Å²) in [6.45, 7) is 5.07. The Kier molecular flexibility index (Phi) is 3.73. The van der Waals surface area contributed by atoms with E-state index < -0.39 is 0 Å². The number of fused-ring (bicyclic) bond motifs is 1. The Labute approximate surface area is 131 Å². The lowest BCUT2D eigenvalue weighted by molar-refractivity contribution is -0.117. The van der Waals surface area contributed by atoms with Crippen LogP contribution in [0.5, 0.6) is 11.5 Å². The van der Waals surface area contributed by atoms with E-state index in [1.807, 2.05) is 6.07 Å². The van der Waals surface area contributed by atoms with E-state index in [4.69, 9.17) is 9.47 Å². The van der Waals surface area contributed by atoms with E-state index in [0.717, 1.165) is 36.5 Å². The van der Waals surface area contributed by atoms with Gasteiger partial charge in [0.2, 0.25) is 0 Å². The summed E-state index contributed by atoms with van der Waals surface area (Å²) in [7, 11) is 5.38. The summed E-state index contributed by atoms with van der Waals surface area (Å²) >= 11 is 0. The number of carbonyl (C=O) groups is 1. The minimum absolute atomic E-state index is 0.0424. The molecule has 22 heavy (non-hydrogen) atoms. The molecule has 1 heterocycles. The lowest BCUT2D eigenvalue weighted by Gasteiger charge is -2.42. The topological polar surface area (TPSA) is 38.8 Å². The standard InChI is InChI=1S/C18H23NO3/c1-12-14(20)7-8-18(9-10-19(2)17(12)18)13-5-6-15(21-3)16(11-13)22-4/h5-6,11,17H,1,7-10H2,2-4H3/t17-,18-/m0/s1. The van der Waals surface area contributed by atoms with Crippen LogP contribution in [0.4, 0.5) is 0 Å². The number of hydrogen-bond acceptors (Lipinski definition) is 4. The molecule has 1 aliphatic carbocycles. The van der Waals surface area contributed by atoms with Crippen molar-refractivity contribution < 1.29 is 14.3 Å². The number of benzene rings is 1. The molecular weight excluding hydrogens is 278 g/mol. The van der Waals surface area contributed by atoms with E-state index in [-0.39, 0.29) is 17.2 Å². The summed E-state index contributed by atoms with van der Waals surface area (Å²) in [6.07, 6.45) is 2.49. The molecule has 1 aliphatic heterocycles. The fourth-order valence-electron chi connectivity index (χ4n) is 4.17. The van der Waals surface area contributed by atoms with Crippen molar-refractivity contribution in [2.75, 3.05) is 27.8 Å². The number of ether oxygens (including phenoxy) is 2. The van der Waals surface area contributed by atoms with Crippen molar-refractivity contribution in [3.05, 3.63) is 35.9 Å². The highest BCUT2D eigenvalue weighted by atomic mass is 16.5. The van der Waals surface area contributed by atoms with Crippen LogP contribution in [0.1, 0.15) is 24.8 Å². The first-order chi connectivity index (χ1) is 10.5. The van der Waals surface area contributed by atoms with Crippen molar-refractivity contribution in [3.8, 4) is 11.5 Å². The van der Waals surface area contributed by atoms with E-state index in [0.29, 0.717) is 6.42 Å². The zero-order chi connectivity index (χ0) is 15.9. The summed E-state index contributed by atoms with van der Waals surface area (Å²) in [5, 5.41) is 0. The van der Waals surface area contributed by atoms with Crippen LogP contribution in [0.2, 0.25) is 0 Å². The first kappa shape index (κ1) is 15.1. The molecule has 118 valence electrons. The maximum atomic E-state index is 12.1. The molecule has 4 nitrogen and oxygen atoms in total. The van der Waals surface area contributed by atoms with Crippen LogP contribution in [0.15, 0.2) is 30.4 Å². The highest BCUT2D eigenvalue weighted by molar-refractivity contribution is 5.97. The first-order valence-corrected chi connectivity index (χ1v) is 7.68. The molecule has 1 saturated carbocycles. The molecule has 2 aliphatic rings. The number of hydrogen-bond donors (Lipinski definition) is 0. The van der Waals surface area contributed by atoms with Gasteiger partial charge in [-0.25, -0.2) is 0 Å². The summed E-state index contributed by atoms with van der Waals surface area (Å²) < 4.78 is 10.8. The second kappa shape index (κ2) is 5.43. The molecule has 0 N–H and O–H groups in total. The minimum Gasteiger partial charge on any atom is -0.493 e. The summed E-state index contributed by atoms with van der Waals surface area (Å²) in [5.41, 5.74) is 1.92. The second-order valence-electron chi connectivity index (χ2n) is 6.31. The number of Topliss-reactive ketones (excluding diaryl/α,β-unsaturated/α-hetero) is 1. The Morgan fingerprint density at radius 1 is 1.23 bits per heavy atom. The van der Waals surface area contributed by atoms with Crippen LogP contribution >= 0.6 is 0 Å². The number of ketones is 1. The molecule has 2 fully saturated rings.